The highest BCUT2D eigenvalue weighted by atomic mass is 32.1. The van der Waals surface area contributed by atoms with Crippen molar-refractivity contribution >= 4 is 41.1 Å². The summed E-state index contributed by atoms with van der Waals surface area (Å²) in [5, 5.41) is 20.1. The van der Waals surface area contributed by atoms with E-state index < -0.39 is 24.8 Å². The minimum absolute atomic E-state index is 0.167. The zero-order valence-corrected chi connectivity index (χ0v) is 21.7. The Morgan fingerprint density at radius 2 is 2.19 bits per heavy atom. The van der Waals surface area contributed by atoms with Crippen molar-refractivity contribution in [3.8, 4) is 11.8 Å². The van der Waals surface area contributed by atoms with E-state index in [9.17, 15) is 14.4 Å². The molecule has 3 N–H and O–H groups in total. The molecule has 36 heavy (non-hydrogen) atoms. The van der Waals surface area contributed by atoms with Gasteiger partial charge in [-0.25, -0.2) is 24.4 Å². The number of aromatic nitrogens is 1. The van der Waals surface area contributed by atoms with E-state index in [1.165, 1.54) is 35.7 Å². The monoisotopic (exact) mass is 517 g/mol. The molecule has 10 nitrogen and oxygen atoms in total. The highest BCUT2D eigenvalue weighted by Crippen LogP contribution is 2.26. The van der Waals surface area contributed by atoms with Crippen molar-refractivity contribution in [3.05, 3.63) is 40.5 Å². The first-order valence-electron chi connectivity index (χ1n) is 11.3. The molecule has 2 heterocycles. The maximum atomic E-state index is 14.5. The molecule has 2 aromatic rings. The number of amidine groups is 1. The lowest BCUT2D eigenvalue weighted by Crippen LogP contribution is -2.50. The number of aliphatic hydroxyl groups excluding tert-OH is 1. The van der Waals surface area contributed by atoms with E-state index in [0.29, 0.717) is 10.6 Å². The zero-order chi connectivity index (χ0) is 27.1. The van der Waals surface area contributed by atoms with Gasteiger partial charge >= 0.3 is 0 Å². The number of benzene rings is 1. The summed E-state index contributed by atoms with van der Waals surface area (Å²) in [6.07, 6.45) is 0.964. The molecule has 3 rings (SSSR count). The number of ether oxygens (including phenoxy) is 1. The smallest absolute Gasteiger partial charge is 0.248 e. The average Bonchev–Trinajstić information content (AvgIpc) is 3.34. The number of carbonyl (C=O) groups excluding carboxylic acids is 1. The third-order valence-electron chi connectivity index (χ3n) is 4.73. The van der Waals surface area contributed by atoms with Gasteiger partial charge in [-0.05, 0) is 38.9 Å². The number of thiazole rings is 1. The van der Waals surface area contributed by atoms with E-state index in [-0.39, 0.29) is 36.7 Å². The van der Waals surface area contributed by atoms with E-state index >= 15 is 0 Å². The number of nitrogens with zero attached hydrogens (tertiary/aromatic N) is 6. The number of likely N-dealkylation sites (tertiary alicyclic amines) is 1. The number of hydrogen-bond acceptors (Lipinski definition) is 8. The van der Waals surface area contributed by atoms with Crippen LogP contribution in [0.1, 0.15) is 36.4 Å². The average molecular weight is 518 g/mol. The Labute approximate surface area is 214 Å². The number of nitriles is 1. The van der Waals surface area contributed by atoms with Crippen LogP contribution >= 0.6 is 11.3 Å². The van der Waals surface area contributed by atoms with Gasteiger partial charge in [0.15, 0.2) is 12.0 Å². The Hall–Kier alpha value is -3.53. The van der Waals surface area contributed by atoms with Crippen LogP contribution < -0.4 is 10.5 Å². The minimum atomic E-state index is -1.44. The molecule has 1 fully saturated rings. The lowest BCUT2D eigenvalue weighted by molar-refractivity contribution is -0.138. The Morgan fingerprint density at radius 1 is 1.47 bits per heavy atom. The molecule has 1 aromatic heterocycles. The van der Waals surface area contributed by atoms with E-state index in [1.54, 1.807) is 18.3 Å². The molecule has 2 atom stereocenters. The first-order chi connectivity index (χ1) is 17.4. The molecule has 0 radical (unpaired) electrons. The number of aliphatic hydroxyl groups is 1. The third kappa shape index (κ3) is 8.60. The molecule has 0 spiro atoms. The Morgan fingerprint density at radius 3 is 2.75 bits per heavy atom. The molecular formula is C24H32FN7O3S. The Kier molecular flexibility index (Phi) is 13.7. The fourth-order valence-corrected chi connectivity index (χ4v) is 3.74. The maximum Gasteiger partial charge on any atom is 0.248 e. The molecular weight excluding hydrogens is 485 g/mol. The Balaban J connectivity index is 0.00000154. The molecule has 1 aliphatic heterocycles. The normalized spacial score (nSPS) is 17.3. The molecule has 1 aliphatic rings. The number of hydrogen-bond donors (Lipinski definition) is 2. The third-order valence-corrected chi connectivity index (χ3v) is 5.55. The second-order valence-electron chi connectivity index (χ2n) is 6.85. The zero-order valence-electron chi connectivity index (χ0n) is 20.9. The number of rotatable bonds is 6. The largest absolute Gasteiger partial charge is 0.486 e. The highest BCUT2D eigenvalue weighted by molar-refractivity contribution is 7.15. The Bertz CT molecular complexity index is 1100. The van der Waals surface area contributed by atoms with Gasteiger partial charge in [0, 0.05) is 18.5 Å². The van der Waals surface area contributed by atoms with E-state index in [2.05, 4.69) is 32.4 Å². The molecule has 0 unspecified atom stereocenters. The molecule has 1 aromatic carbocycles. The van der Waals surface area contributed by atoms with Crippen LogP contribution in [0.3, 0.4) is 0 Å². The molecule has 0 bridgehead atoms. The van der Waals surface area contributed by atoms with E-state index in [4.69, 9.17) is 9.84 Å². The number of amides is 1. The molecule has 12 heteroatoms. The van der Waals surface area contributed by atoms with Crippen LogP contribution in [-0.4, -0.2) is 78.8 Å². The number of carbonyl (C=O) groups is 1. The predicted octanol–water partition coefficient (Wildman–Crippen LogP) is 3.04. The molecule has 1 amide bonds. The summed E-state index contributed by atoms with van der Waals surface area (Å²) in [6, 6.07) is 6.77. The number of aliphatic imine (C=N–C) groups is 3. The van der Waals surface area contributed by atoms with Crippen LogP contribution in [-0.2, 0) is 4.79 Å². The number of nitrogens with two attached hydrogens (primary N) is 1. The van der Waals surface area contributed by atoms with Crippen molar-refractivity contribution in [2.75, 3.05) is 26.7 Å². The molecule has 1 saturated heterocycles. The number of halogens is 1. The van der Waals surface area contributed by atoms with Crippen LogP contribution in [0.4, 0.5) is 9.39 Å². The second kappa shape index (κ2) is 16.2. The van der Waals surface area contributed by atoms with E-state index in [1.807, 2.05) is 26.8 Å². The van der Waals surface area contributed by atoms with Gasteiger partial charge in [0.05, 0.1) is 23.3 Å². The summed E-state index contributed by atoms with van der Waals surface area (Å²) < 4.78 is 20.3. The topological polar surface area (TPSA) is 150 Å². The number of piperidine rings is 1. The fourth-order valence-electron chi connectivity index (χ4n) is 3.12. The van der Waals surface area contributed by atoms with Crippen molar-refractivity contribution in [2.24, 2.45) is 20.7 Å². The van der Waals surface area contributed by atoms with Crippen molar-refractivity contribution in [3.63, 3.8) is 0 Å². The quantitative estimate of drug-likeness (QED) is 0.444. The van der Waals surface area contributed by atoms with Gasteiger partial charge in [-0.15, -0.1) is 0 Å². The van der Waals surface area contributed by atoms with Crippen molar-refractivity contribution < 1.29 is 19.0 Å². The summed E-state index contributed by atoms with van der Waals surface area (Å²) in [5.74, 6) is -0.0359. The predicted molar refractivity (Wildman–Crippen MR) is 141 cm³/mol. The lowest BCUT2D eigenvalue weighted by atomic mass is 10.0. The van der Waals surface area contributed by atoms with Gasteiger partial charge in [-0.1, -0.05) is 25.2 Å². The minimum Gasteiger partial charge on any atom is -0.486 e. The molecule has 0 aliphatic carbocycles. The number of aryl methyl sites for hydroxylation is 1. The van der Waals surface area contributed by atoms with Gasteiger partial charge in [0.1, 0.15) is 35.9 Å². The summed E-state index contributed by atoms with van der Waals surface area (Å²) >= 11 is 1.42. The first kappa shape index (κ1) is 30.5. The van der Waals surface area contributed by atoms with Gasteiger partial charge in [-0.3, -0.25) is 4.79 Å². The lowest BCUT2D eigenvalue weighted by Gasteiger charge is -2.34. The number of alkyl halides is 1. The van der Waals surface area contributed by atoms with Gasteiger partial charge in [-0.2, -0.15) is 5.26 Å². The van der Waals surface area contributed by atoms with Crippen LogP contribution in [0.5, 0.6) is 5.75 Å². The van der Waals surface area contributed by atoms with Crippen LogP contribution in [0, 0.1) is 18.3 Å². The van der Waals surface area contributed by atoms with Crippen LogP contribution in [0.25, 0.3) is 0 Å². The van der Waals surface area contributed by atoms with E-state index in [0.717, 1.165) is 5.01 Å². The molecule has 0 saturated carbocycles. The van der Waals surface area contributed by atoms with Crippen molar-refractivity contribution in [1.82, 2.24) is 9.88 Å². The van der Waals surface area contributed by atoms with Crippen molar-refractivity contribution in [1.29, 1.82) is 5.26 Å². The SMILES string of the molecule is C=NC(=N/C=N\c1cnc(C)s1)c1ccc(O[C@H]2CCN(C(=O)CO)C[C@H]2F)c(C#N)c1.CC.CN. The summed E-state index contributed by atoms with van der Waals surface area (Å²) in [5.41, 5.74) is 5.21. The highest BCUT2D eigenvalue weighted by Gasteiger charge is 2.33. The van der Waals surface area contributed by atoms with Crippen LogP contribution in [0.2, 0.25) is 0 Å². The fraction of sp³-hybridized carbons (Fsp3) is 0.417. The van der Waals surface area contributed by atoms with Crippen LogP contribution in [0.15, 0.2) is 39.4 Å². The maximum absolute atomic E-state index is 14.5. The van der Waals surface area contributed by atoms with Gasteiger partial charge < -0.3 is 20.5 Å². The van der Waals surface area contributed by atoms with Gasteiger partial charge in [0.2, 0.25) is 5.91 Å². The first-order valence-corrected chi connectivity index (χ1v) is 12.1. The summed E-state index contributed by atoms with van der Waals surface area (Å²) in [7, 11) is 1.50. The second-order valence-corrected chi connectivity index (χ2v) is 8.07. The molecule has 194 valence electrons. The summed E-state index contributed by atoms with van der Waals surface area (Å²) in [4.78, 5) is 29.2. The summed E-state index contributed by atoms with van der Waals surface area (Å²) in [6.45, 7) is 8.82. The standard InChI is InChI=1S/C21H21FN6O3S.C2H6.CH5N/c1-13-25-9-19(32-13)26-12-27-21(24-2)14-3-4-17(15(7-14)8-23)31-18-5-6-28(10-16(18)22)20(30)11-29;2*1-2/h3-4,7,9,12,16,18,29H,2,5-6,10-11H2,1H3;1-2H3;2H2,1H3/b26-12-,27-21?;;/t16-,18+;;/m1../s1. The van der Waals surface area contributed by atoms with Gasteiger partial charge in [0.25, 0.3) is 0 Å². The van der Waals surface area contributed by atoms with Crippen molar-refractivity contribution in [2.45, 2.75) is 39.5 Å².